The predicted molar refractivity (Wildman–Crippen MR) is 135 cm³/mol. The minimum absolute atomic E-state index is 0.147. The van der Waals surface area contributed by atoms with Crippen LogP contribution < -0.4 is 5.43 Å². The van der Waals surface area contributed by atoms with E-state index in [0.717, 1.165) is 27.7 Å². The summed E-state index contributed by atoms with van der Waals surface area (Å²) in [5.41, 5.74) is 6.48. The lowest BCUT2D eigenvalue weighted by atomic mass is 10.1. The van der Waals surface area contributed by atoms with Crippen molar-refractivity contribution in [3.63, 3.8) is 0 Å². The molecule has 9 heteroatoms. The highest BCUT2D eigenvalue weighted by molar-refractivity contribution is 9.10. The molecule has 0 aliphatic carbocycles. The Hall–Kier alpha value is -3.30. The summed E-state index contributed by atoms with van der Waals surface area (Å²) in [6.45, 7) is 2.11. The average Bonchev–Trinajstić information content (AvgIpc) is 3.28. The van der Waals surface area contributed by atoms with Gasteiger partial charge in [-0.25, -0.2) is 5.43 Å². The highest BCUT2D eigenvalue weighted by Gasteiger charge is 2.17. The highest BCUT2D eigenvalue weighted by Crippen LogP contribution is 2.28. The van der Waals surface area contributed by atoms with E-state index in [0.29, 0.717) is 11.0 Å². The van der Waals surface area contributed by atoms with Crippen LogP contribution in [-0.2, 0) is 11.2 Å². The van der Waals surface area contributed by atoms with Gasteiger partial charge in [-0.15, -0.1) is 10.2 Å². The Labute approximate surface area is 204 Å². The number of hydrogen-bond acceptors (Lipinski definition) is 6. The summed E-state index contributed by atoms with van der Waals surface area (Å²) in [6, 6.07) is 19.7. The van der Waals surface area contributed by atoms with Gasteiger partial charge in [-0.3, -0.25) is 14.3 Å². The first-order valence-electron chi connectivity index (χ1n) is 10.3. The summed E-state index contributed by atoms with van der Waals surface area (Å²) < 4.78 is 2.89. The molecule has 4 rings (SSSR count). The molecule has 1 N–H and O–H groups in total. The standard InChI is InChI=1S/C24H21BrN6OS/c1-2-17-5-7-18(8-6-17)14-27-28-22(32)16-33-24-30-29-23(19-4-3-13-26-15-19)31(24)21-11-9-20(25)10-12-21/h3-15H,2,16H2,1H3,(H,28,32). The molecular formula is C24H21BrN6OS. The topological polar surface area (TPSA) is 85.1 Å². The van der Waals surface area contributed by atoms with Crippen LogP contribution in [0.1, 0.15) is 18.1 Å². The monoisotopic (exact) mass is 520 g/mol. The lowest BCUT2D eigenvalue weighted by molar-refractivity contribution is -0.118. The van der Waals surface area contributed by atoms with Crippen LogP contribution in [0.25, 0.3) is 17.1 Å². The maximum atomic E-state index is 12.4. The number of hydrogen-bond donors (Lipinski definition) is 1. The van der Waals surface area contributed by atoms with Crippen LogP contribution in [0.5, 0.6) is 0 Å². The third-order valence-electron chi connectivity index (χ3n) is 4.76. The summed E-state index contributed by atoms with van der Waals surface area (Å²) in [6.07, 6.45) is 6.07. The number of nitrogens with one attached hydrogen (secondary N) is 1. The Morgan fingerprint density at radius 2 is 1.91 bits per heavy atom. The molecule has 0 spiro atoms. The number of benzene rings is 2. The SMILES string of the molecule is CCc1ccc(C=NNC(=O)CSc2nnc(-c3cccnc3)n2-c2ccc(Br)cc2)cc1. The molecule has 0 aliphatic heterocycles. The van der Waals surface area contributed by atoms with E-state index >= 15 is 0 Å². The minimum Gasteiger partial charge on any atom is -0.272 e. The van der Waals surface area contributed by atoms with Gasteiger partial charge in [0.25, 0.3) is 5.91 Å². The van der Waals surface area contributed by atoms with Crippen molar-refractivity contribution in [2.45, 2.75) is 18.5 Å². The molecule has 7 nitrogen and oxygen atoms in total. The zero-order valence-corrected chi connectivity index (χ0v) is 20.3. The molecule has 0 saturated heterocycles. The second kappa shape index (κ2) is 11.0. The molecule has 0 fully saturated rings. The Kier molecular flexibility index (Phi) is 7.64. The largest absolute Gasteiger partial charge is 0.272 e. The van der Waals surface area contributed by atoms with Gasteiger partial charge in [-0.2, -0.15) is 5.10 Å². The van der Waals surface area contributed by atoms with E-state index in [-0.39, 0.29) is 11.7 Å². The van der Waals surface area contributed by atoms with Gasteiger partial charge in [0.15, 0.2) is 11.0 Å². The van der Waals surface area contributed by atoms with E-state index < -0.39 is 0 Å². The Morgan fingerprint density at radius 1 is 1.12 bits per heavy atom. The van der Waals surface area contributed by atoms with Crippen molar-refractivity contribution < 1.29 is 4.79 Å². The number of carbonyl (C=O) groups excluding carboxylic acids is 1. The third kappa shape index (κ3) is 5.94. The van der Waals surface area contributed by atoms with Crippen LogP contribution in [0.15, 0.2) is 87.8 Å². The number of hydrazone groups is 1. The lowest BCUT2D eigenvalue weighted by Gasteiger charge is -2.10. The van der Waals surface area contributed by atoms with Crippen molar-refractivity contribution in [3.05, 3.63) is 88.7 Å². The van der Waals surface area contributed by atoms with E-state index in [1.54, 1.807) is 18.6 Å². The second-order valence-corrected chi connectivity index (χ2v) is 8.89. The van der Waals surface area contributed by atoms with E-state index in [1.165, 1.54) is 17.3 Å². The summed E-state index contributed by atoms with van der Waals surface area (Å²) in [5, 5.41) is 13.3. The maximum absolute atomic E-state index is 12.4. The molecule has 0 unspecified atom stereocenters. The fraction of sp³-hybridized carbons (Fsp3) is 0.125. The molecule has 2 aromatic heterocycles. The van der Waals surface area contributed by atoms with Gasteiger partial charge >= 0.3 is 0 Å². The Balaban J connectivity index is 1.47. The van der Waals surface area contributed by atoms with Gasteiger partial charge in [-0.05, 0) is 53.9 Å². The van der Waals surface area contributed by atoms with Crippen LogP contribution in [0.4, 0.5) is 0 Å². The van der Waals surface area contributed by atoms with Crippen LogP contribution in [-0.4, -0.2) is 37.6 Å². The van der Waals surface area contributed by atoms with Crippen molar-refractivity contribution in [2.24, 2.45) is 5.10 Å². The van der Waals surface area contributed by atoms with E-state index in [4.69, 9.17) is 0 Å². The number of amides is 1. The van der Waals surface area contributed by atoms with Gasteiger partial charge in [-0.1, -0.05) is 58.9 Å². The van der Waals surface area contributed by atoms with Crippen LogP contribution in [0.3, 0.4) is 0 Å². The van der Waals surface area contributed by atoms with Crippen molar-refractivity contribution in [1.82, 2.24) is 25.2 Å². The number of rotatable bonds is 8. The summed E-state index contributed by atoms with van der Waals surface area (Å²) in [5.74, 6) is 0.574. The van der Waals surface area contributed by atoms with Gasteiger partial charge < -0.3 is 0 Å². The zero-order valence-electron chi connectivity index (χ0n) is 17.9. The number of carbonyl (C=O) groups is 1. The number of halogens is 1. The number of nitrogens with zero attached hydrogens (tertiary/aromatic N) is 5. The van der Waals surface area contributed by atoms with Gasteiger partial charge in [0.2, 0.25) is 0 Å². The molecule has 0 radical (unpaired) electrons. The smallest absolute Gasteiger partial charge is 0.250 e. The number of aryl methyl sites for hydroxylation is 1. The second-order valence-electron chi connectivity index (χ2n) is 7.04. The highest BCUT2D eigenvalue weighted by atomic mass is 79.9. The average molecular weight is 521 g/mol. The third-order valence-corrected chi connectivity index (χ3v) is 6.22. The van der Waals surface area contributed by atoms with Crippen molar-refractivity contribution in [3.8, 4) is 17.1 Å². The summed E-state index contributed by atoms with van der Waals surface area (Å²) in [7, 11) is 0. The summed E-state index contributed by atoms with van der Waals surface area (Å²) >= 11 is 4.76. The molecule has 4 aromatic rings. The molecule has 1 amide bonds. The van der Waals surface area contributed by atoms with Crippen molar-refractivity contribution in [2.75, 3.05) is 5.75 Å². The number of thioether (sulfide) groups is 1. The molecule has 33 heavy (non-hydrogen) atoms. The van der Waals surface area contributed by atoms with Crippen molar-refractivity contribution >= 4 is 39.8 Å². The molecule has 0 saturated carbocycles. The Bertz CT molecular complexity index is 1240. The van der Waals surface area contributed by atoms with Gasteiger partial charge in [0.05, 0.1) is 12.0 Å². The molecule has 0 bridgehead atoms. The minimum atomic E-state index is -0.227. The molecular weight excluding hydrogens is 500 g/mol. The predicted octanol–water partition coefficient (Wildman–Crippen LogP) is 4.90. The molecule has 0 aliphatic rings. The fourth-order valence-electron chi connectivity index (χ4n) is 3.05. The van der Waals surface area contributed by atoms with E-state index in [9.17, 15) is 4.79 Å². The molecule has 2 aromatic carbocycles. The van der Waals surface area contributed by atoms with E-state index in [1.807, 2.05) is 65.2 Å². The fourth-order valence-corrected chi connectivity index (χ4v) is 4.06. The van der Waals surface area contributed by atoms with E-state index in [2.05, 4.69) is 48.6 Å². The first kappa shape index (κ1) is 22.9. The first-order valence-corrected chi connectivity index (χ1v) is 12.1. The number of aromatic nitrogens is 4. The van der Waals surface area contributed by atoms with Gasteiger partial charge in [0.1, 0.15) is 0 Å². The van der Waals surface area contributed by atoms with Crippen molar-refractivity contribution in [1.29, 1.82) is 0 Å². The first-order chi connectivity index (χ1) is 16.1. The van der Waals surface area contributed by atoms with Crippen LogP contribution >= 0.6 is 27.7 Å². The molecule has 2 heterocycles. The normalized spacial score (nSPS) is 11.1. The zero-order chi connectivity index (χ0) is 23.0. The van der Waals surface area contributed by atoms with Crippen LogP contribution in [0.2, 0.25) is 0 Å². The lowest BCUT2D eigenvalue weighted by Crippen LogP contribution is -2.20. The Morgan fingerprint density at radius 3 is 2.61 bits per heavy atom. The van der Waals surface area contributed by atoms with Crippen LogP contribution in [0, 0.1) is 0 Å². The quantitative estimate of drug-likeness (QED) is 0.203. The number of pyridine rings is 1. The van der Waals surface area contributed by atoms with Gasteiger partial charge in [0, 0.05) is 28.1 Å². The summed E-state index contributed by atoms with van der Waals surface area (Å²) in [4.78, 5) is 16.5. The maximum Gasteiger partial charge on any atom is 0.250 e. The molecule has 166 valence electrons. The molecule has 0 atom stereocenters.